The summed E-state index contributed by atoms with van der Waals surface area (Å²) in [6.07, 6.45) is 0.938. The van der Waals surface area contributed by atoms with Gasteiger partial charge in [0.25, 0.3) is 0 Å². The first-order chi connectivity index (χ1) is 22.3. The van der Waals surface area contributed by atoms with Crippen LogP contribution in [0.3, 0.4) is 0 Å². The van der Waals surface area contributed by atoms with Crippen LogP contribution in [-0.4, -0.2) is 9.13 Å². The predicted octanol–water partition coefficient (Wildman–Crippen LogP) is 11.1. The highest BCUT2D eigenvalue weighted by atomic mass is 15.0. The average Bonchev–Trinajstić information content (AvgIpc) is 3.76. The van der Waals surface area contributed by atoms with Crippen molar-refractivity contribution in [1.82, 2.24) is 9.13 Å². The average molecular weight is 573 g/mol. The largest absolute Gasteiger partial charge is 0.309 e. The molecule has 10 rings (SSSR count). The van der Waals surface area contributed by atoms with Crippen LogP contribution >= 0.6 is 0 Å². The van der Waals surface area contributed by atoms with E-state index in [2.05, 4.69) is 167 Å². The van der Waals surface area contributed by atoms with E-state index >= 15 is 0 Å². The topological polar surface area (TPSA) is 9.86 Å². The molecule has 210 valence electrons. The first kappa shape index (κ1) is 24.6. The van der Waals surface area contributed by atoms with E-state index in [9.17, 15) is 0 Å². The molecule has 1 aliphatic rings. The quantitative estimate of drug-likeness (QED) is 0.199. The van der Waals surface area contributed by atoms with Gasteiger partial charge in [-0.15, -0.1) is 0 Å². The van der Waals surface area contributed by atoms with E-state index in [1.165, 1.54) is 88.4 Å². The number of hydrogen-bond donors (Lipinski definition) is 0. The molecule has 9 aromatic rings. The third-order valence-electron chi connectivity index (χ3n) is 9.74. The molecule has 0 radical (unpaired) electrons. The molecule has 0 amide bonds. The van der Waals surface area contributed by atoms with Gasteiger partial charge in [-0.1, -0.05) is 109 Å². The Labute approximate surface area is 261 Å². The molecule has 2 aromatic heterocycles. The number of aromatic nitrogens is 2. The molecule has 0 spiro atoms. The maximum Gasteiger partial charge on any atom is 0.0541 e. The summed E-state index contributed by atoms with van der Waals surface area (Å²) in [6, 6.07) is 57.9. The van der Waals surface area contributed by atoms with Crippen LogP contribution in [0.15, 0.2) is 158 Å². The van der Waals surface area contributed by atoms with Crippen LogP contribution in [-0.2, 0) is 6.42 Å². The van der Waals surface area contributed by atoms with Gasteiger partial charge in [-0.05, 0) is 88.3 Å². The van der Waals surface area contributed by atoms with Crippen LogP contribution in [0.25, 0.3) is 77.2 Å². The van der Waals surface area contributed by atoms with Gasteiger partial charge in [0.2, 0.25) is 0 Å². The molecule has 0 atom stereocenters. The Morgan fingerprint density at radius 1 is 0.356 bits per heavy atom. The number of benzene rings is 7. The summed E-state index contributed by atoms with van der Waals surface area (Å²) in [5, 5.41) is 5.12. The van der Waals surface area contributed by atoms with E-state index < -0.39 is 0 Å². The van der Waals surface area contributed by atoms with Crippen LogP contribution in [0.5, 0.6) is 0 Å². The van der Waals surface area contributed by atoms with Gasteiger partial charge in [-0.25, -0.2) is 0 Å². The lowest BCUT2D eigenvalue weighted by atomic mass is 9.94. The fraction of sp³-hybridized carbons (Fsp3) is 0.0233. The Morgan fingerprint density at radius 3 is 1.44 bits per heavy atom. The van der Waals surface area contributed by atoms with Crippen molar-refractivity contribution in [3.8, 4) is 33.6 Å². The summed E-state index contributed by atoms with van der Waals surface area (Å²) in [7, 11) is 0. The second-order valence-corrected chi connectivity index (χ2v) is 12.1. The normalized spacial score (nSPS) is 12.4. The third-order valence-corrected chi connectivity index (χ3v) is 9.74. The van der Waals surface area contributed by atoms with E-state index in [4.69, 9.17) is 0 Å². The molecule has 2 heterocycles. The van der Waals surface area contributed by atoms with Crippen molar-refractivity contribution in [1.29, 1.82) is 0 Å². The number of rotatable bonds is 3. The summed E-state index contributed by atoms with van der Waals surface area (Å²) in [5.74, 6) is 0. The van der Waals surface area contributed by atoms with E-state index in [1.807, 2.05) is 0 Å². The molecule has 0 fully saturated rings. The molecule has 1 aliphatic carbocycles. The Morgan fingerprint density at radius 2 is 0.844 bits per heavy atom. The highest BCUT2D eigenvalue weighted by Gasteiger charge is 2.24. The summed E-state index contributed by atoms with van der Waals surface area (Å²) in [4.78, 5) is 0. The number of para-hydroxylation sites is 4. The standard InChI is InChI=1S/C43H28N2/c1-2-15-32-29(12-1)25-38-37(26-31(27-39(32)38)45-42-22-9-5-18-35(42)36-19-6-10-23-43(36)45)28-13-11-14-30(24-28)44-40-20-7-3-16-33(40)34-17-4-8-21-41(34)44/h1-24,26-27H,25H2. The molecule has 2 nitrogen and oxygen atoms in total. The summed E-state index contributed by atoms with van der Waals surface area (Å²) in [5.41, 5.74) is 15.3. The van der Waals surface area contributed by atoms with Crippen molar-refractivity contribution in [3.63, 3.8) is 0 Å². The molecule has 7 aromatic carbocycles. The molecule has 2 heteroatoms. The molecular weight excluding hydrogens is 544 g/mol. The molecule has 0 bridgehead atoms. The highest BCUT2D eigenvalue weighted by molar-refractivity contribution is 6.10. The molecule has 0 unspecified atom stereocenters. The van der Waals surface area contributed by atoms with Crippen LogP contribution < -0.4 is 0 Å². The minimum Gasteiger partial charge on any atom is -0.309 e. The fourth-order valence-corrected chi connectivity index (χ4v) is 7.82. The molecule has 0 N–H and O–H groups in total. The zero-order valence-electron chi connectivity index (χ0n) is 24.6. The van der Waals surface area contributed by atoms with Gasteiger partial charge in [0.1, 0.15) is 0 Å². The SMILES string of the molecule is c1cc(-c2cc(-n3c4ccccc4c4ccccc43)cc3c2Cc2ccccc2-3)cc(-n2c3ccccc3c3ccccc32)c1. The van der Waals surface area contributed by atoms with Crippen LogP contribution in [0.2, 0.25) is 0 Å². The molecule has 0 aliphatic heterocycles. The first-order valence-electron chi connectivity index (χ1n) is 15.7. The maximum absolute atomic E-state index is 2.45. The second-order valence-electron chi connectivity index (χ2n) is 12.1. The lowest BCUT2D eigenvalue weighted by Crippen LogP contribution is -1.99. The van der Waals surface area contributed by atoms with Gasteiger partial charge in [-0.2, -0.15) is 0 Å². The van der Waals surface area contributed by atoms with E-state index in [-0.39, 0.29) is 0 Å². The van der Waals surface area contributed by atoms with Gasteiger partial charge in [0.05, 0.1) is 22.1 Å². The summed E-state index contributed by atoms with van der Waals surface area (Å²) < 4.78 is 4.87. The maximum atomic E-state index is 2.45. The smallest absolute Gasteiger partial charge is 0.0541 e. The number of nitrogens with zero attached hydrogens (tertiary/aromatic N) is 2. The Kier molecular flexibility index (Phi) is 5.09. The number of fused-ring (bicyclic) bond motifs is 9. The minimum atomic E-state index is 0.938. The van der Waals surface area contributed by atoms with Gasteiger partial charge in [-0.3, -0.25) is 0 Å². The Bertz CT molecular complexity index is 2520. The van der Waals surface area contributed by atoms with Gasteiger partial charge < -0.3 is 9.13 Å². The Hall–Kier alpha value is -5.86. The van der Waals surface area contributed by atoms with Crippen LogP contribution in [0.1, 0.15) is 11.1 Å². The van der Waals surface area contributed by atoms with E-state index in [1.54, 1.807) is 0 Å². The lowest BCUT2D eigenvalue weighted by molar-refractivity contribution is 1.17. The summed E-state index contributed by atoms with van der Waals surface area (Å²) >= 11 is 0. The van der Waals surface area contributed by atoms with Gasteiger partial charge in [0.15, 0.2) is 0 Å². The lowest BCUT2D eigenvalue weighted by Gasteiger charge is -2.17. The van der Waals surface area contributed by atoms with Crippen molar-refractivity contribution in [2.24, 2.45) is 0 Å². The monoisotopic (exact) mass is 572 g/mol. The third kappa shape index (κ3) is 3.51. The zero-order chi connectivity index (χ0) is 29.5. The van der Waals surface area contributed by atoms with Crippen molar-refractivity contribution in [2.75, 3.05) is 0 Å². The van der Waals surface area contributed by atoms with Gasteiger partial charge in [0, 0.05) is 32.9 Å². The van der Waals surface area contributed by atoms with Crippen molar-refractivity contribution >= 4 is 43.6 Å². The van der Waals surface area contributed by atoms with Crippen molar-refractivity contribution in [2.45, 2.75) is 6.42 Å². The number of hydrogen-bond acceptors (Lipinski definition) is 0. The zero-order valence-corrected chi connectivity index (χ0v) is 24.6. The van der Waals surface area contributed by atoms with Crippen molar-refractivity contribution in [3.05, 3.63) is 169 Å². The predicted molar refractivity (Wildman–Crippen MR) is 189 cm³/mol. The van der Waals surface area contributed by atoms with Crippen molar-refractivity contribution < 1.29 is 0 Å². The van der Waals surface area contributed by atoms with Crippen LogP contribution in [0.4, 0.5) is 0 Å². The molecule has 0 saturated heterocycles. The minimum absolute atomic E-state index is 0.938. The molecular formula is C43H28N2. The highest BCUT2D eigenvalue weighted by Crippen LogP contribution is 2.45. The van der Waals surface area contributed by atoms with E-state index in [0.29, 0.717) is 0 Å². The fourth-order valence-electron chi connectivity index (χ4n) is 7.82. The first-order valence-corrected chi connectivity index (χ1v) is 15.7. The molecule has 0 saturated carbocycles. The van der Waals surface area contributed by atoms with Gasteiger partial charge >= 0.3 is 0 Å². The molecule has 45 heavy (non-hydrogen) atoms. The second kappa shape index (κ2) is 9.32. The van der Waals surface area contributed by atoms with Crippen LogP contribution in [0, 0.1) is 0 Å². The Balaban J connectivity index is 1.26. The van der Waals surface area contributed by atoms with E-state index in [0.717, 1.165) is 6.42 Å². The summed E-state index contributed by atoms with van der Waals surface area (Å²) in [6.45, 7) is 0.